The van der Waals surface area contributed by atoms with Crippen molar-refractivity contribution in [1.29, 1.82) is 0 Å². The molecule has 0 aromatic carbocycles. The number of carboxylic acids is 1. The lowest BCUT2D eigenvalue weighted by Crippen LogP contribution is -2.16. The van der Waals surface area contributed by atoms with Crippen molar-refractivity contribution >= 4 is 51.3 Å². The molecule has 0 atom stereocenters. The van der Waals surface area contributed by atoms with Crippen LogP contribution in [0.4, 0.5) is 3.89 Å². The molecule has 10 heteroatoms. The number of hydrogen-bond acceptors (Lipinski definition) is 3. The van der Waals surface area contributed by atoms with E-state index < -0.39 is 20.3 Å². The molecule has 0 saturated carbocycles. The molecule has 0 aliphatic heterocycles. The summed E-state index contributed by atoms with van der Waals surface area (Å²) in [5.41, 5.74) is 0. The third kappa shape index (κ3) is 22.5. The van der Waals surface area contributed by atoms with Gasteiger partial charge in [-0.3, -0.25) is 4.55 Å². The Morgan fingerprint density at radius 2 is 1.42 bits per heavy atom. The van der Waals surface area contributed by atoms with E-state index in [0.717, 1.165) is 0 Å². The average molecular weight is 263 g/mol. The van der Waals surface area contributed by atoms with E-state index in [0.29, 0.717) is 0 Å². The van der Waals surface area contributed by atoms with Crippen LogP contribution in [0.25, 0.3) is 0 Å². The van der Waals surface area contributed by atoms with Gasteiger partial charge in [0.05, 0.1) is 0 Å². The van der Waals surface area contributed by atoms with Gasteiger partial charge >= 0.3 is 16.5 Å². The molecule has 0 spiro atoms. The maximum absolute atomic E-state index is 10.2. The quantitative estimate of drug-likeness (QED) is 0.389. The second-order valence-electron chi connectivity index (χ2n) is 1.22. The van der Waals surface area contributed by atoms with E-state index in [-0.39, 0.29) is 0 Å². The lowest BCUT2D eigenvalue weighted by Gasteiger charge is -1.99. The van der Waals surface area contributed by atoms with Gasteiger partial charge in [-0.1, -0.05) is 38.7 Å². The van der Waals surface area contributed by atoms with Gasteiger partial charge in [-0.2, -0.15) is 8.42 Å². The molecule has 0 amide bonds. The lowest BCUT2D eigenvalue weighted by molar-refractivity contribution is -0.135. The Balaban J connectivity index is 0. The predicted octanol–water partition coefficient (Wildman–Crippen LogP) is 1.20. The third-order valence-electron chi connectivity index (χ3n) is 0.243. The average Bonchev–Trinajstić information content (AvgIpc) is 1.55. The van der Waals surface area contributed by atoms with Gasteiger partial charge in [0.2, 0.25) is 0 Å². The largest absolute Gasteiger partial charge is 0.478 e. The van der Waals surface area contributed by atoms with Gasteiger partial charge in [-0.15, -0.1) is 0 Å². The maximum atomic E-state index is 10.2. The van der Waals surface area contributed by atoms with Crippen molar-refractivity contribution in [3.05, 3.63) is 0 Å². The highest BCUT2D eigenvalue weighted by atomic mass is 35.6. The van der Waals surface area contributed by atoms with Crippen molar-refractivity contribution in [2.45, 2.75) is 3.79 Å². The highest BCUT2D eigenvalue weighted by molar-refractivity contribution is 7.80. The predicted molar refractivity (Wildman–Crippen MR) is 40.6 cm³/mol. The molecule has 0 aliphatic rings. The van der Waals surface area contributed by atoms with Crippen LogP contribution in [0.15, 0.2) is 0 Å². The van der Waals surface area contributed by atoms with Crippen LogP contribution in [0.3, 0.4) is 0 Å². The van der Waals surface area contributed by atoms with Crippen LogP contribution >= 0.6 is 34.8 Å². The van der Waals surface area contributed by atoms with E-state index in [1.54, 1.807) is 0 Å². The number of hydrogen-bond donors (Lipinski definition) is 2. The molecule has 0 radical (unpaired) electrons. The molecule has 0 aliphatic carbocycles. The van der Waals surface area contributed by atoms with Crippen molar-refractivity contribution in [1.82, 2.24) is 0 Å². The summed E-state index contributed by atoms with van der Waals surface area (Å²) in [5.74, 6) is -1.46. The first-order valence-electron chi connectivity index (χ1n) is 1.91. The summed E-state index contributed by atoms with van der Waals surface area (Å²) in [7, 11) is -5.17. The van der Waals surface area contributed by atoms with E-state index in [1.807, 2.05) is 0 Å². The van der Waals surface area contributed by atoms with Gasteiger partial charge in [-0.05, 0) is 0 Å². The Morgan fingerprint density at radius 3 is 1.42 bits per heavy atom. The van der Waals surface area contributed by atoms with Crippen molar-refractivity contribution < 1.29 is 26.8 Å². The summed E-state index contributed by atoms with van der Waals surface area (Å²) >= 11 is 14.4. The molecular formula is C2H2Cl3FO5S. The zero-order valence-electron chi connectivity index (χ0n) is 5.04. The molecule has 2 N–H and O–H groups in total. The Morgan fingerprint density at radius 1 is 1.33 bits per heavy atom. The molecule has 12 heavy (non-hydrogen) atoms. The van der Waals surface area contributed by atoms with Gasteiger partial charge in [0, 0.05) is 0 Å². The topological polar surface area (TPSA) is 91.7 Å². The number of carboxylic acid groups (broad SMARTS) is 1. The van der Waals surface area contributed by atoms with Crippen LogP contribution in [0.1, 0.15) is 0 Å². The summed E-state index contributed by atoms with van der Waals surface area (Å²) < 4.78 is 31.9. The highest BCUT2D eigenvalue weighted by Gasteiger charge is 2.29. The molecule has 0 aromatic heterocycles. The monoisotopic (exact) mass is 262 g/mol. The van der Waals surface area contributed by atoms with Crippen LogP contribution < -0.4 is 0 Å². The van der Waals surface area contributed by atoms with E-state index in [1.165, 1.54) is 0 Å². The van der Waals surface area contributed by atoms with E-state index in [9.17, 15) is 8.68 Å². The summed E-state index contributed by atoms with van der Waals surface area (Å²) in [6.07, 6.45) is 0. The van der Waals surface area contributed by atoms with Crippen LogP contribution in [-0.2, 0) is 15.3 Å². The highest BCUT2D eigenvalue weighted by Crippen LogP contribution is 2.25. The molecule has 0 fully saturated rings. The van der Waals surface area contributed by atoms with Crippen LogP contribution in [0.5, 0.6) is 0 Å². The van der Waals surface area contributed by atoms with Gasteiger partial charge in [0.25, 0.3) is 3.79 Å². The molecule has 0 heterocycles. The van der Waals surface area contributed by atoms with Crippen LogP contribution in [-0.4, -0.2) is 27.8 Å². The lowest BCUT2D eigenvalue weighted by atomic mass is 10.8. The van der Waals surface area contributed by atoms with Gasteiger partial charge in [-0.25, -0.2) is 4.79 Å². The number of carbonyl (C=O) groups is 1. The van der Waals surface area contributed by atoms with Crippen molar-refractivity contribution in [3.8, 4) is 0 Å². The minimum atomic E-state index is -5.17. The fourth-order valence-corrected chi connectivity index (χ4v) is 0. The molecule has 5 nitrogen and oxygen atoms in total. The minimum Gasteiger partial charge on any atom is -0.478 e. The second-order valence-corrected chi connectivity index (χ2v) is 4.32. The van der Waals surface area contributed by atoms with Crippen LogP contribution in [0, 0.1) is 0 Å². The smallest absolute Gasteiger partial charge is 0.435 e. The molecule has 0 saturated heterocycles. The van der Waals surface area contributed by atoms with E-state index >= 15 is 0 Å². The molecule has 0 bridgehead atoms. The van der Waals surface area contributed by atoms with Crippen molar-refractivity contribution in [3.63, 3.8) is 0 Å². The molecule has 74 valence electrons. The van der Waals surface area contributed by atoms with Gasteiger partial charge < -0.3 is 5.11 Å². The first-order valence-corrected chi connectivity index (χ1v) is 4.39. The standard InChI is InChI=1S/C2HCl3O2.FHO3S/c3-2(4,5)1(6)7;1-5(2,3)4/h(H,6,7);(H,2,3,4). The number of halogens is 4. The fraction of sp³-hybridized carbons (Fsp3) is 0.500. The van der Waals surface area contributed by atoms with E-state index in [4.69, 9.17) is 52.9 Å². The third-order valence-corrected chi connectivity index (χ3v) is 0.728. The first kappa shape index (κ1) is 14.7. The molecule has 0 aromatic rings. The van der Waals surface area contributed by atoms with Crippen molar-refractivity contribution in [2.75, 3.05) is 0 Å². The zero-order valence-corrected chi connectivity index (χ0v) is 8.12. The Kier molecular flexibility index (Phi) is 6.16. The van der Waals surface area contributed by atoms with E-state index in [2.05, 4.69) is 0 Å². The zero-order chi connectivity index (χ0) is 10.6. The Labute approximate surface area is 82.1 Å². The number of rotatable bonds is 0. The summed E-state index contributed by atoms with van der Waals surface area (Å²) in [6, 6.07) is 0. The summed E-state index contributed by atoms with van der Waals surface area (Å²) in [6.45, 7) is 0. The van der Waals surface area contributed by atoms with Crippen molar-refractivity contribution in [2.24, 2.45) is 0 Å². The van der Waals surface area contributed by atoms with Crippen LogP contribution in [0.2, 0.25) is 0 Å². The molecule has 0 unspecified atom stereocenters. The SMILES string of the molecule is O=C(O)C(Cl)(Cl)Cl.O=S(=O)(O)F. The number of alkyl halides is 3. The normalized spacial score (nSPS) is 11.4. The molecular weight excluding hydrogens is 261 g/mol. The second kappa shape index (κ2) is 5.03. The maximum Gasteiger partial charge on any atom is 0.435 e. The molecule has 0 rings (SSSR count). The summed E-state index contributed by atoms with van der Waals surface area (Å²) in [5, 5.41) is 7.85. The first-order chi connectivity index (χ1) is 4.94. The van der Waals surface area contributed by atoms with Gasteiger partial charge in [0.1, 0.15) is 0 Å². The Hall–Kier alpha value is 0.180. The number of aliphatic carboxylic acids is 1. The van der Waals surface area contributed by atoms with Gasteiger partial charge in [0.15, 0.2) is 0 Å². The Bertz CT molecular complexity index is 234. The fourth-order valence-electron chi connectivity index (χ4n) is 0. The minimum absolute atomic E-state index is 1.46. The summed E-state index contributed by atoms with van der Waals surface area (Å²) in [4.78, 5) is 9.62.